The second-order valence-corrected chi connectivity index (χ2v) is 7.67. The van der Waals surface area contributed by atoms with Gasteiger partial charge in [0.1, 0.15) is 11.9 Å². The van der Waals surface area contributed by atoms with Gasteiger partial charge in [-0.15, -0.1) is 5.10 Å². The van der Waals surface area contributed by atoms with E-state index in [-0.39, 0.29) is 0 Å². The van der Waals surface area contributed by atoms with E-state index in [1.54, 1.807) is 6.20 Å². The van der Waals surface area contributed by atoms with Crippen LogP contribution in [0, 0.1) is 17.2 Å². The summed E-state index contributed by atoms with van der Waals surface area (Å²) >= 11 is 0. The van der Waals surface area contributed by atoms with E-state index in [2.05, 4.69) is 26.0 Å². The lowest BCUT2D eigenvalue weighted by Crippen LogP contribution is -2.36. The molecule has 0 spiro atoms. The normalized spacial score (nSPS) is 17.6. The maximum atomic E-state index is 8.89. The van der Waals surface area contributed by atoms with E-state index >= 15 is 0 Å². The Morgan fingerprint density at radius 2 is 1.96 bits per heavy atom. The third-order valence-corrected chi connectivity index (χ3v) is 5.59. The Morgan fingerprint density at radius 1 is 1.11 bits per heavy atom. The number of rotatable bonds is 5. The summed E-state index contributed by atoms with van der Waals surface area (Å²) in [5, 5.41) is 13.4. The van der Waals surface area contributed by atoms with Crippen molar-refractivity contribution < 1.29 is 4.74 Å². The van der Waals surface area contributed by atoms with Crippen LogP contribution in [0.4, 0.5) is 5.82 Å². The number of pyridine rings is 1. The molecule has 1 aliphatic carbocycles. The highest BCUT2D eigenvalue weighted by molar-refractivity contribution is 5.42. The molecule has 0 radical (unpaired) electrons. The van der Waals surface area contributed by atoms with Gasteiger partial charge in [0.15, 0.2) is 5.65 Å². The predicted octanol–water partition coefficient (Wildman–Crippen LogP) is 3.17. The van der Waals surface area contributed by atoms with Gasteiger partial charge in [0.05, 0.1) is 24.1 Å². The first kappa shape index (κ1) is 17.0. The Labute approximate surface area is 163 Å². The van der Waals surface area contributed by atoms with Crippen LogP contribution in [0.2, 0.25) is 0 Å². The molecule has 5 rings (SSSR count). The third-order valence-electron chi connectivity index (χ3n) is 5.59. The molecule has 0 aromatic carbocycles. The van der Waals surface area contributed by atoms with Crippen LogP contribution in [0.25, 0.3) is 5.65 Å². The molecule has 1 aliphatic heterocycles. The lowest BCUT2D eigenvalue weighted by molar-refractivity contribution is 0.213. The molecule has 28 heavy (non-hydrogen) atoms. The second kappa shape index (κ2) is 7.12. The quantitative estimate of drug-likeness (QED) is 0.682. The molecule has 0 N–H and O–H groups in total. The number of aromatic nitrogens is 4. The topological polar surface area (TPSA) is 79.3 Å². The molecule has 142 valence electrons. The van der Waals surface area contributed by atoms with Gasteiger partial charge in [-0.25, -0.2) is 14.5 Å². The van der Waals surface area contributed by atoms with Gasteiger partial charge in [-0.3, -0.25) is 0 Å². The average molecular weight is 374 g/mol. The van der Waals surface area contributed by atoms with E-state index in [1.165, 1.54) is 12.8 Å². The van der Waals surface area contributed by atoms with Gasteiger partial charge in [0.2, 0.25) is 5.88 Å². The summed E-state index contributed by atoms with van der Waals surface area (Å²) in [6.07, 6.45) is 8.26. The minimum atomic E-state index is 0.511. The van der Waals surface area contributed by atoms with Crippen molar-refractivity contribution in [3.8, 4) is 11.9 Å². The molecule has 1 saturated carbocycles. The van der Waals surface area contributed by atoms with Crippen LogP contribution in [0.5, 0.6) is 5.88 Å². The Balaban J connectivity index is 1.15. The van der Waals surface area contributed by atoms with Crippen molar-refractivity contribution in [2.24, 2.45) is 5.92 Å². The lowest BCUT2D eigenvalue weighted by atomic mass is 9.98. The van der Waals surface area contributed by atoms with E-state index in [1.807, 2.05) is 35.0 Å². The summed E-state index contributed by atoms with van der Waals surface area (Å²) in [5.41, 5.74) is 2.63. The molecular weight excluding hydrogens is 352 g/mol. The maximum absolute atomic E-state index is 8.89. The van der Waals surface area contributed by atoms with E-state index in [4.69, 9.17) is 10.00 Å². The van der Waals surface area contributed by atoms with Crippen LogP contribution < -0.4 is 9.64 Å². The van der Waals surface area contributed by atoms with Crippen LogP contribution in [-0.4, -0.2) is 39.3 Å². The number of anilines is 1. The Bertz CT molecular complexity index is 1010. The van der Waals surface area contributed by atoms with Crippen LogP contribution in [0.3, 0.4) is 0 Å². The molecule has 0 atom stereocenters. The summed E-state index contributed by atoms with van der Waals surface area (Å²) in [5.74, 6) is 2.74. The average Bonchev–Trinajstić information content (AvgIpc) is 3.52. The van der Waals surface area contributed by atoms with Gasteiger partial charge in [-0.1, -0.05) is 0 Å². The Kier molecular flexibility index (Phi) is 4.32. The molecular formula is C21H22N6O. The van der Waals surface area contributed by atoms with Gasteiger partial charge in [0, 0.05) is 31.3 Å². The van der Waals surface area contributed by atoms with E-state index in [9.17, 15) is 0 Å². The minimum Gasteiger partial charge on any atom is -0.476 e. The highest BCUT2D eigenvalue weighted by Crippen LogP contribution is 2.39. The molecule has 3 aromatic heterocycles. The van der Waals surface area contributed by atoms with Crippen molar-refractivity contribution in [2.75, 3.05) is 24.6 Å². The second-order valence-electron chi connectivity index (χ2n) is 7.67. The molecule has 7 nitrogen and oxygen atoms in total. The number of fused-ring (bicyclic) bond motifs is 1. The number of hydrogen-bond acceptors (Lipinski definition) is 6. The zero-order valence-electron chi connectivity index (χ0n) is 15.7. The number of nitriles is 1. The first-order valence-electron chi connectivity index (χ1n) is 9.89. The number of nitrogens with zero attached hydrogens (tertiary/aromatic N) is 6. The molecule has 0 bridgehead atoms. The Morgan fingerprint density at radius 3 is 2.68 bits per heavy atom. The van der Waals surface area contributed by atoms with Crippen LogP contribution in [0.1, 0.15) is 42.9 Å². The van der Waals surface area contributed by atoms with Gasteiger partial charge in [-0.05, 0) is 49.8 Å². The highest BCUT2D eigenvalue weighted by atomic mass is 16.5. The van der Waals surface area contributed by atoms with Crippen molar-refractivity contribution in [3.05, 3.63) is 47.9 Å². The predicted molar refractivity (Wildman–Crippen MR) is 104 cm³/mol. The molecule has 3 aromatic rings. The monoisotopic (exact) mass is 374 g/mol. The summed E-state index contributed by atoms with van der Waals surface area (Å²) in [6, 6.07) is 9.75. The van der Waals surface area contributed by atoms with Gasteiger partial charge >= 0.3 is 0 Å². The van der Waals surface area contributed by atoms with E-state index in [0.29, 0.717) is 29.9 Å². The van der Waals surface area contributed by atoms with Crippen molar-refractivity contribution in [1.82, 2.24) is 19.6 Å². The number of hydrogen-bond donors (Lipinski definition) is 0. The first-order valence-corrected chi connectivity index (χ1v) is 9.89. The summed E-state index contributed by atoms with van der Waals surface area (Å²) < 4.78 is 7.82. The molecule has 1 saturated heterocycles. The van der Waals surface area contributed by atoms with Crippen molar-refractivity contribution in [3.63, 3.8) is 0 Å². The SMILES string of the molecule is N#Cc1ccc(N2CCC(COc3ccc4nc(C5CC5)cn4n3)CC2)nc1. The number of piperidine rings is 1. The fourth-order valence-electron chi connectivity index (χ4n) is 3.71. The van der Waals surface area contributed by atoms with Gasteiger partial charge in [0.25, 0.3) is 0 Å². The molecule has 2 aliphatic rings. The largest absolute Gasteiger partial charge is 0.476 e. The van der Waals surface area contributed by atoms with Crippen LogP contribution >= 0.6 is 0 Å². The molecule has 0 unspecified atom stereocenters. The molecule has 7 heteroatoms. The Hall–Kier alpha value is -3.14. The molecule has 2 fully saturated rings. The summed E-state index contributed by atoms with van der Waals surface area (Å²) in [6.45, 7) is 2.58. The first-order chi connectivity index (χ1) is 13.8. The fraction of sp³-hybridized carbons (Fsp3) is 0.429. The standard InChI is InChI=1S/C21H22N6O/c22-11-16-1-4-19(23-12-16)26-9-7-15(8-10-26)14-28-21-6-5-20-24-18(17-2-3-17)13-27(20)25-21/h1,4-6,12-13,15,17H,2-3,7-10,14H2. The molecule has 0 amide bonds. The van der Waals surface area contributed by atoms with Crippen LogP contribution in [-0.2, 0) is 0 Å². The van der Waals surface area contributed by atoms with E-state index < -0.39 is 0 Å². The smallest absolute Gasteiger partial charge is 0.231 e. The van der Waals surface area contributed by atoms with E-state index in [0.717, 1.165) is 43.1 Å². The molecule has 4 heterocycles. The zero-order valence-corrected chi connectivity index (χ0v) is 15.7. The number of ether oxygens (including phenoxy) is 1. The minimum absolute atomic E-state index is 0.511. The summed E-state index contributed by atoms with van der Waals surface area (Å²) in [4.78, 5) is 11.3. The van der Waals surface area contributed by atoms with Gasteiger partial charge < -0.3 is 9.64 Å². The van der Waals surface area contributed by atoms with Crippen molar-refractivity contribution >= 4 is 11.5 Å². The van der Waals surface area contributed by atoms with Crippen LogP contribution in [0.15, 0.2) is 36.7 Å². The van der Waals surface area contributed by atoms with Gasteiger partial charge in [-0.2, -0.15) is 5.26 Å². The zero-order chi connectivity index (χ0) is 18.9. The lowest BCUT2D eigenvalue weighted by Gasteiger charge is -2.32. The third kappa shape index (κ3) is 3.50. The maximum Gasteiger partial charge on any atom is 0.231 e. The fourth-order valence-corrected chi connectivity index (χ4v) is 3.71. The van der Waals surface area contributed by atoms with Crippen molar-refractivity contribution in [2.45, 2.75) is 31.6 Å². The summed E-state index contributed by atoms with van der Waals surface area (Å²) in [7, 11) is 0. The van der Waals surface area contributed by atoms with Crippen molar-refractivity contribution in [1.29, 1.82) is 5.26 Å². The highest BCUT2D eigenvalue weighted by Gasteiger charge is 2.26. The number of imidazole rings is 1.